The van der Waals surface area contributed by atoms with Crippen LogP contribution in [0.15, 0.2) is 99.3 Å². The average molecular weight is 476 g/mol. The number of anilines is 1. The minimum absolute atomic E-state index is 0.0380. The molecule has 1 N–H and O–H groups in total. The molecule has 0 aliphatic carbocycles. The van der Waals surface area contributed by atoms with Gasteiger partial charge in [0.25, 0.3) is 5.91 Å². The topological polar surface area (TPSA) is 92.3 Å². The summed E-state index contributed by atoms with van der Waals surface area (Å²) in [4.78, 5) is 27.1. The Kier molecular flexibility index (Phi) is 5.04. The van der Waals surface area contributed by atoms with Gasteiger partial charge in [-0.1, -0.05) is 47.6 Å². The summed E-state index contributed by atoms with van der Waals surface area (Å²) in [5.74, 6) is 0.109. The molecule has 0 saturated carbocycles. The Morgan fingerprint density at radius 2 is 1.67 bits per heavy atom. The van der Waals surface area contributed by atoms with Crippen LogP contribution in [0.4, 0.5) is 5.69 Å². The van der Waals surface area contributed by atoms with Gasteiger partial charge >= 0.3 is 5.63 Å². The van der Waals surface area contributed by atoms with Crippen LogP contribution in [0, 0.1) is 0 Å². The Bertz CT molecular complexity index is 1770. The van der Waals surface area contributed by atoms with Crippen LogP contribution in [0.3, 0.4) is 0 Å². The molecule has 1 aliphatic heterocycles. The highest BCUT2D eigenvalue weighted by molar-refractivity contribution is 6.54. The summed E-state index contributed by atoms with van der Waals surface area (Å²) >= 11 is 0. The number of carbonyl (C=O) groups is 1. The number of carbonyl (C=O) groups excluding carboxylic acids is 1. The van der Waals surface area contributed by atoms with Gasteiger partial charge in [-0.25, -0.2) is 4.79 Å². The van der Waals surface area contributed by atoms with E-state index in [1.54, 1.807) is 24.3 Å². The van der Waals surface area contributed by atoms with Crippen molar-refractivity contribution in [2.45, 2.75) is 6.54 Å². The largest absolute Gasteiger partial charge is 0.497 e. The molecule has 2 heterocycles. The number of amides is 1. The second kappa shape index (κ2) is 8.39. The van der Waals surface area contributed by atoms with Gasteiger partial charge in [-0.05, 0) is 57.8 Å². The molecule has 1 amide bonds. The Labute approximate surface area is 205 Å². The first-order valence-corrected chi connectivity index (χ1v) is 11.3. The van der Waals surface area contributed by atoms with Gasteiger partial charge in [0.05, 0.1) is 19.3 Å². The van der Waals surface area contributed by atoms with Crippen molar-refractivity contribution in [1.29, 1.82) is 0 Å². The van der Waals surface area contributed by atoms with Crippen LogP contribution in [0.25, 0.3) is 32.9 Å². The third-order valence-electron chi connectivity index (χ3n) is 6.54. The number of nitrogens with zero attached hydrogens (tertiary/aromatic N) is 2. The highest BCUT2D eigenvalue weighted by atomic mass is 16.5. The fourth-order valence-corrected chi connectivity index (χ4v) is 4.75. The second-order valence-electron chi connectivity index (χ2n) is 8.59. The van der Waals surface area contributed by atoms with Gasteiger partial charge in [0.15, 0.2) is 5.71 Å². The van der Waals surface area contributed by atoms with Gasteiger partial charge in [-0.3, -0.25) is 4.79 Å². The normalized spacial score (nSPS) is 14.1. The minimum Gasteiger partial charge on any atom is -0.497 e. The van der Waals surface area contributed by atoms with Crippen molar-refractivity contribution in [2.75, 3.05) is 12.0 Å². The van der Waals surface area contributed by atoms with E-state index in [4.69, 9.17) is 9.15 Å². The molecule has 0 fully saturated rings. The van der Waals surface area contributed by atoms with Crippen LogP contribution in [0.1, 0.15) is 11.1 Å². The van der Waals surface area contributed by atoms with Crippen LogP contribution >= 0.6 is 0 Å². The zero-order chi connectivity index (χ0) is 24.8. The lowest BCUT2D eigenvalue weighted by Crippen LogP contribution is -2.30. The molecule has 4 aromatic carbocycles. The van der Waals surface area contributed by atoms with Crippen molar-refractivity contribution >= 4 is 39.0 Å². The van der Waals surface area contributed by atoms with Gasteiger partial charge < -0.3 is 19.3 Å². The number of hydrogen-bond acceptors (Lipinski definition) is 6. The lowest BCUT2D eigenvalue weighted by atomic mass is 9.99. The van der Waals surface area contributed by atoms with Crippen molar-refractivity contribution in [2.24, 2.45) is 5.16 Å². The fraction of sp³-hybridized carbons (Fsp3) is 0.0690. The molecular weight excluding hydrogens is 456 g/mol. The van der Waals surface area contributed by atoms with Gasteiger partial charge in [0.2, 0.25) is 0 Å². The van der Waals surface area contributed by atoms with Crippen molar-refractivity contribution < 1.29 is 19.2 Å². The van der Waals surface area contributed by atoms with Crippen LogP contribution in [-0.4, -0.2) is 23.9 Å². The Morgan fingerprint density at radius 1 is 0.889 bits per heavy atom. The molecule has 6 rings (SSSR count). The van der Waals surface area contributed by atoms with Gasteiger partial charge in [0, 0.05) is 23.1 Å². The summed E-state index contributed by atoms with van der Waals surface area (Å²) in [5, 5.41) is 15.8. The maximum Gasteiger partial charge on any atom is 0.336 e. The molecule has 7 nitrogen and oxygen atoms in total. The number of rotatable bonds is 4. The molecule has 0 spiro atoms. The number of hydrogen-bond donors (Lipinski definition) is 1. The number of benzene rings is 4. The van der Waals surface area contributed by atoms with Crippen LogP contribution in [0.5, 0.6) is 5.75 Å². The van der Waals surface area contributed by atoms with Crippen molar-refractivity contribution in [3.8, 4) is 16.9 Å². The van der Waals surface area contributed by atoms with E-state index < -0.39 is 11.5 Å². The summed E-state index contributed by atoms with van der Waals surface area (Å²) in [6, 6.07) is 26.5. The van der Waals surface area contributed by atoms with Gasteiger partial charge in [0.1, 0.15) is 11.3 Å². The molecule has 5 aromatic rings. The molecule has 176 valence electrons. The molecule has 0 bridgehead atoms. The molecule has 1 aromatic heterocycles. The van der Waals surface area contributed by atoms with Crippen LogP contribution in [-0.2, 0) is 11.3 Å². The SMILES string of the molecule is COc1ccc2c(CN3C(=O)/C(=N/O)c4ccc(-c5ccc6ccccc6c5)cc43)cc(=O)oc2c1. The summed E-state index contributed by atoms with van der Waals surface area (Å²) in [6.45, 7) is 0.0977. The average Bonchev–Trinajstić information content (AvgIpc) is 3.17. The molecule has 0 atom stereocenters. The Balaban J connectivity index is 1.46. The molecule has 1 aliphatic rings. The second-order valence-corrected chi connectivity index (χ2v) is 8.59. The van der Waals surface area contributed by atoms with Crippen molar-refractivity contribution in [1.82, 2.24) is 0 Å². The van der Waals surface area contributed by atoms with Gasteiger partial charge in [-0.15, -0.1) is 0 Å². The van der Waals surface area contributed by atoms with Crippen molar-refractivity contribution in [3.05, 3.63) is 106 Å². The molecule has 0 unspecified atom stereocenters. The van der Waals surface area contributed by atoms with Gasteiger partial charge in [-0.2, -0.15) is 0 Å². The summed E-state index contributed by atoms with van der Waals surface area (Å²) < 4.78 is 10.6. The third kappa shape index (κ3) is 3.49. The van der Waals surface area contributed by atoms with E-state index in [0.717, 1.165) is 21.9 Å². The summed E-state index contributed by atoms with van der Waals surface area (Å²) in [5.41, 5.74) is 3.45. The van der Waals surface area contributed by atoms with E-state index in [1.165, 1.54) is 18.1 Å². The maximum atomic E-state index is 13.3. The Hall–Kier alpha value is -4.91. The maximum absolute atomic E-state index is 13.3. The molecule has 7 heteroatoms. The van der Waals surface area contributed by atoms with Crippen LogP contribution < -0.4 is 15.3 Å². The summed E-state index contributed by atoms with van der Waals surface area (Å²) in [6.07, 6.45) is 0. The first kappa shape index (κ1) is 21.6. The number of fused-ring (bicyclic) bond motifs is 3. The first-order chi connectivity index (χ1) is 17.6. The third-order valence-corrected chi connectivity index (χ3v) is 6.54. The lowest BCUT2D eigenvalue weighted by molar-refractivity contribution is -0.112. The van der Waals surface area contributed by atoms with E-state index >= 15 is 0 Å². The fourth-order valence-electron chi connectivity index (χ4n) is 4.75. The Morgan fingerprint density at radius 3 is 2.47 bits per heavy atom. The molecule has 0 radical (unpaired) electrons. The van der Waals surface area contributed by atoms with Crippen molar-refractivity contribution in [3.63, 3.8) is 0 Å². The van der Waals surface area contributed by atoms with Crippen LogP contribution in [0.2, 0.25) is 0 Å². The predicted molar refractivity (Wildman–Crippen MR) is 138 cm³/mol. The number of ether oxygens (including phenoxy) is 1. The highest BCUT2D eigenvalue weighted by Gasteiger charge is 2.35. The smallest absolute Gasteiger partial charge is 0.336 e. The zero-order valence-corrected chi connectivity index (χ0v) is 19.3. The van der Waals surface area contributed by atoms with E-state index in [2.05, 4.69) is 29.4 Å². The molecule has 0 saturated heterocycles. The zero-order valence-electron chi connectivity index (χ0n) is 19.3. The minimum atomic E-state index is -0.529. The highest BCUT2D eigenvalue weighted by Crippen LogP contribution is 2.36. The standard InChI is InChI=1S/C29H20N2O5/c1-35-22-9-11-23-21(14-27(32)36-26(23)15-22)16-31-25-13-20(8-10-24(25)28(30-34)29(31)33)19-7-6-17-4-2-3-5-18(17)12-19/h2-15,34H,16H2,1H3/b30-28+. The number of methoxy groups -OCH3 is 1. The predicted octanol–water partition coefficient (Wildman–Crippen LogP) is 5.35. The number of oxime groups is 1. The van der Waals surface area contributed by atoms with E-state index in [9.17, 15) is 14.8 Å². The van der Waals surface area contributed by atoms with E-state index in [0.29, 0.717) is 33.5 Å². The molecular formula is C29H20N2O5. The first-order valence-electron chi connectivity index (χ1n) is 11.3. The van der Waals surface area contributed by atoms with E-state index in [1.807, 2.05) is 30.3 Å². The summed E-state index contributed by atoms with van der Waals surface area (Å²) in [7, 11) is 1.53. The quantitative estimate of drug-likeness (QED) is 0.215. The molecule has 36 heavy (non-hydrogen) atoms. The van der Waals surface area contributed by atoms with E-state index in [-0.39, 0.29) is 12.3 Å². The lowest BCUT2D eigenvalue weighted by Gasteiger charge is -2.19. The monoisotopic (exact) mass is 476 g/mol.